The van der Waals surface area contributed by atoms with Crippen LogP contribution in [0.2, 0.25) is 0 Å². The zero-order valence-electron chi connectivity index (χ0n) is 10.3. The van der Waals surface area contributed by atoms with E-state index in [1.54, 1.807) is 12.1 Å². The van der Waals surface area contributed by atoms with Crippen molar-refractivity contribution >= 4 is 27.0 Å². The molecule has 0 bridgehead atoms. The summed E-state index contributed by atoms with van der Waals surface area (Å²) in [5.74, 6) is 5.28. The average Bonchev–Trinajstić information content (AvgIpc) is 2.82. The highest BCUT2D eigenvalue weighted by Gasteiger charge is 2.19. The lowest BCUT2D eigenvalue weighted by atomic mass is 10.2. The van der Waals surface area contributed by atoms with Gasteiger partial charge >= 0.3 is 0 Å². The Morgan fingerprint density at radius 1 is 1.42 bits per heavy atom. The van der Waals surface area contributed by atoms with Gasteiger partial charge < -0.3 is 5.43 Å². The van der Waals surface area contributed by atoms with Crippen molar-refractivity contribution in [2.24, 2.45) is 5.84 Å². The predicted molar refractivity (Wildman–Crippen MR) is 75.1 cm³/mol. The summed E-state index contributed by atoms with van der Waals surface area (Å²) in [6.45, 7) is 2.17. The predicted octanol–water partition coefficient (Wildman–Crippen LogP) is 1.22. The van der Waals surface area contributed by atoms with Crippen molar-refractivity contribution in [3.63, 3.8) is 0 Å². The van der Waals surface area contributed by atoms with Crippen molar-refractivity contribution in [3.8, 4) is 0 Å². The minimum atomic E-state index is -3.69. The maximum Gasteiger partial charge on any atom is 0.260 e. The van der Waals surface area contributed by atoms with Crippen molar-refractivity contribution in [3.05, 3.63) is 40.2 Å². The molecule has 6 nitrogen and oxygen atoms in total. The largest absolute Gasteiger partial charge is 0.321 e. The Labute approximate surface area is 115 Å². The second kappa shape index (κ2) is 5.66. The molecule has 0 atom stereocenters. The standard InChI is InChI=1S/C11H14N4O2S2/c1-8-6-18-7-9(8)5-14-19(16,17)11-10(15-12)3-2-4-13-11/h2-4,6-7,14-15H,5,12H2,1H3. The van der Waals surface area contributed by atoms with Crippen LogP contribution in [0.25, 0.3) is 0 Å². The fourth-order valence-corrected chi connectivity index (χ4v) is 3.48. The van der Waals surface area contributed by atoms with Crippen LogP contribution in [0, 0.1) is 6.92 Å². The first kappa shape index (κ1) is 13.9. The lowest BCUT2D eigenvalue weighted by Crippen LogP contribution is -2.26. The van der Waals surface area contributed by atoms with Gasteiger partial charge in [-0.3, -0.25) is 5.84 Å². The van der Waals surface area contributed by atoms with Crippen molar-refractivity contribution in [1.29, 1.82) is 0 Å². The van der Waals surface area contributed by atoms with Gasteiger partial charge in [-0.25, -0.2) is 18.1 Å². The first-order valence-corrected chi connectivity index (χ1v) is 7.90. The van der Waals surface area contributed by atoms with E-state index in [2.05, 4.69) is 15.1 Å². The van der Waals surface area contributed by atoms with Crippen LogP contribution < -0.4 is 16.0 Å². The minimum Gasteiger partial charge on any atom is -0.321 e. The maximum absolute atomic E-state index is 12.2. The first-order chi connectivity index (χ1) is 9.04. The van der Waals surface area contributed by atoms with Crippen LogP contribution in [0.15, 0.2) is 34.1 Å². The lowest BCUT2D eigenvalue weighted by molar-refractivity contribution is 0.578. The van der Waals surface area contributed by atoms with Crippen molar-refractivity contribution in [2.45, 2.75) is 18.5 Å². The SMILES string of the molecule is Cc1cscc1CNS(=O)(=O)c1ncccc1NN. The number of hydrogen-bond acceptors (Lipinski definition) is 6. The van der Waals surface area contributed by atoms with Crippen LogP contribution in [0.3, 0.4) is 0 Å². The molecule has 0 spiro atoms. The molecule has 4 N–H and O–H groups in total. The highest BCUT2D eigenvalue weighted by atomic mass is 32.2. The molecule has 8 heteroatoms. The Hall–Kier alpha value is -1.48. The Kier molecular flexibility index (Phi) is 4.15. The molecular weight excluding hydrogens is 284 g/mol. The summed E-state index contributed by atoms with van der Waals surface area (Å²) in [6, 6.07) is 3.16. The van der Waals surface area contributed by atoms with Crippen molar-refractivity contribution in [1.82, 2.24) is 9.71 Å². The molecule has 0 amide bonds. The second-order valence-electron chi connectivity index (χ2n) is 3.91. The number of rotatable bonds is 5. The number of hydrogen-bond donors (Lipinski definition) is 3. The van der Waals surface area contributed by atoms with Gasteiger partial charge in [-0.2, -0.15) is 11.3 Å². The van der Waals surface area contributed by atoms with Gasteiger partial charge in [0.05, 0.1) is 5.69 Å². The summed E-state index contributed by atoms with van der Waals surface area (Å²) in [4.78, 5) is 3.85. The zero-order valence-corrected chi connectivity index (χ0v) is 11.9. The van der Waals surface area contributed by atoms with E-state index < -0.39 is 10.0 Å². The number of nitrogens with two attached hydrogens (primary N) is 1. The summed E-state index contributed by atoms with van der Waals surface area (Å²) in [5.41, 5.74) is 4.60. The quantitative estimate of drug-likeness (QED) is 0.569. The molecule has 2 rings (SSSR count). The number of pyridine rings is 1. The van der Waals surface area contributed by atoms with E-state index in [-0.39, 0.29) is 17.3 Å². The number of aromatic nitrogens is 1. The molecule has 2 heterocycles. The third-order valence-corrected chi connectivity index (χ3v) is 4.86. The van der Waals surface area contributed by atoms with E-state index in [0.29, 0.717) is 0 Å². The molecule has 19 heavy (non-hydrogen) atoms. The van der Waals surface area contributed by atoms with Gasteiger partial charge in [0.25, 0.3) is 10.0 Å². The molecule has 2 aromatic rings. The number of nitrogen functional groups attached to an aromatic ring is 1. The number of thiophene rings is 1. The molecule has 0 saturated carbocycles. The molecule has 2 aromatic heterocycles. The van der Waals surface area contributed by atoms with Crippen LogP contribution >= 0.6 is 11.3 Å². The number of sulfonamides is 1. The van der Waals surface area contributed by atoms with Gasteiger partial charge in [0.15, 0.2) is 5.03 Å². The summed E-state index contributed by atoms with van der Waals surface area (Å²) >= 11 is 1.54. The highest BCUT2D eigenvalue weighted by Crippen LogP contribution is 2.18. The van der Waals surface area contributed by atoms with Crippen molar-refractivity contribution < 1.29 is 8.42 Å². The van der Waals surface area contributed by atoms with Gasteiger partial charge in [0.1, 0.15) is 0 Å². The molecule has 0 unspecified atom stereocenters. The van der Waals surface area contributed by atoms with Gasteiger partial charge in [-0.05, 0) is 40.9 Å². The van der Waals surface area contributed by atoms with Gasteiger partial charge in [-0.15, -0.1) is 0 Å². The van der Waals surface area contributed by atoms with Crippen molar-refractivity contribution in [2.75, 3.05) is 5.43 Å². The normalized spacial score (nSPS) is 11.5. The summed E-state index contributed by atoms with van der Waals surface area (Å²) in [6.07, 6.45) is 1.41. The third-order valence-electron chi connectivity index (χ3n) is 2.60. The summed E-state index contributed by atoms with van der Waals surface area (Å²) in [5, 5.41) is 3.78. The van der Waals surface area contributed by atoms with Crippen LogP contribution in [-0.2, 0) is 16.6 Å². The highest BCUT2D eigenvalue weighted by molar-refractivity contribution is 7.89. The number of nitrogens with one attached hydrogen (secondary N) is 2. The molecule has 0 radical (unpaired) electrons. The van der Waals surface area contributed by atoms with Crippen LogP contribution in [0.5, 0.6) is 0 Å². The Balaban J connectivity index is 2.21. The number of hydrazine groups is 1. The molecule has 0 aliphatic carbocycles. The smallest absolute Gasteiger partial charge is 0.260 e. The van der Waals surface area contributed by atoms with E-state index >= 15 is 0 Å². The lowest BCUT2D eigenvalue weighted by Gasteiger charge is -2.09. The topological polar surface area (TPSA) is 97.1 Å². The summed E-state index contributed by atoms with van der Waals surface area (Å²) in [7, 11) is -3.69. The molecule has 102 valence electrons. The average molecular weight is 298 g/mol. The first-order valence-electron chi connectivity index (χ1n) is 5.47. The number of aryl methyl sites for hydroxylation is 1. The van der Waals surface area contributed by atoms with Gasteiger partial charge in [0.2, 0.25) is 0 Å². The molecule has 0 fully saturated rings. The Bertz CT molecular complexity index is 667. The fraction of sp³-hybridized carbons (Fsp3) is 0.182. The van der Waals surface area contributed by atoms with Crippen LogP contribution in [-0.4, -0.2) is 13.4 Å². The fourth-order valence-electron chi connectivity index (χ4n) is 1.52. The van der Waals surface area contributed by atoms with E-state index in [9.17, 15) is 8.42 Å². The Morgan fingerprint density at radius 2 is 2.21 bits per heavy atom. The zero-order chi connectivity index (χ0) is 13.9. The second-order valence-corrected chi connectivity index (χ2v) is 6.33. The van der Waals surface area contributed by atoms with Crippen LogP contribution in [0.1, 0.15) is 11.1 Å². The van der Waals surface area contributed by atoms with Crippen LogP contribution in [0.4, 0.5) is 5.69 Å². The van der Waals surface area contributed by atoms with E-state index in [1.165, 1.54) is 17.5 Å². The Morgan fingerprint density at radius 3 is 2.84 bits per heavy atom. The minimum absolute atomic E-state index is 0.106. The number of anilines is 1. The maximum atomic E-state index is 12.2. The molecule has 0 aliphatic rings. The molecule has 0 aromatic carbocycles. The van der Waals surface area contributed by atoms with E-state index in [0.717, 1.165) is 11.1 Å². The summed E-state index contributed by atoms with van der Waals surface area (Å²) < 4.78 is 26.8. The van der Waals surface area contributed by atoms with Gasteiger partial charge in [-0.1, -0.05) is 0 Å². The molecule has 0 saturated heterocycles. The molecular formula is C11H14N4O2S2. The van der Waals surface area contributed by atoms with E-state index in [1.807, 2.05) is 17.7 Å². The third kappa shape index (κ3) is 3.10. The monoisotopic (exact) mass is 298 g/mol. The number of nitrogens with zero attached hydrogens (tertiary/aromatic N) is 1. The molecule has 0 aliphatic heterocycles. The van der Waals surface area contributed by atoms with Gasteiger partial charge in [0, 0.05) is 12.7 Å². The van der Waals surface area contributed by atoms with E-state index in [4.69, 9.17) is 5.84 Å².